The number of hydrogen-bond acceptors (Lipinski definition) is 2. The second-order valence-electron chi connectivity index (χ2n) is 7.13. The molecule has 8 heteroatoms. The summed E-state index contributed by atoms with van der Waals surface area (Å²) in [5.74, 6) is 0.516. The van der Waals surface area contributed by atoms with Crippen LogP contribution >= 0.6 is 12.2 Å². The van der Waals surface area contributed by atoms with Crippen LogP contribution in [-0.4, -0.2) is 14.9 Å². The van der Waals surface area contributed by atoms with Gasteiger partial charge in [-0.2, -0.15) is 18.3 Å². The maximum Gasteiger partial charge on any atom is 0.416 e. The molecule has 1 heterocycles. The van der Waals surface area contributed by atoms with Gasteiger partial charge in [0.25, 0.3) is 0 Å². The summed E-state index contributed by atoms with van der Waals surface area (Å²) in [4.78, 5) is 0. The van der Waals surface area contributed by atoms with Gasteiger partial charge >= 0.3 is 6.18 Å². The number of thiocarbonyl (C=S) groups is 1. The Morgan fingerprint density at radius 1 is 0.968 bits per heavy atom. The van der Waals surface area contributed by atoms with Crippen molar-refractivity contribution in [3.05, 3.63) is 89.6 Å². The molecule has 1 aromatic heterocycles. The lowest BCUT2D eigenvalue weighted by molar-refractivity contribution is -0.137. The Balaban J connectivity index is 1.47. The van der Waals surface area contributed by atoms with Crippen molar-refractivity contribution < 1.29 is 13.2 Å². The van der Waals surface area contributed by atoms with Gasteiger partial charge in [-0.1, -0.05) is 48.5 Å². The average Bonchev–Trinajstić information content (AvgIpc) is 3.06. The predicted molar refractivity (Wildman–Crippen MR) is 121 cm³/mol. The van der Waals surface area contributed by atoms with E-state index >= 15 is 0 Å². The normalized spacial score (nSPS) is 11.5. The molecule has 0 saturated carbocycles. The monoisotopic (exact) mass is 440 g/mol. The number of aromatic nitrogens is 2. The molecule has 0 fully saturated rings. The third kappa shape index (κ3) is 4.86. The molecule has 3 aromatic carbocycles. The van der Waals surface area contributed by atoms with Crippen molar-refractivity contribution in [1.82, 2.24) is 9.78 Å². The van der Waals surface area contributed by atoms with Crippen molar-refractivity contribution in [2.45, 2.75) is 19.6 Å². The van der Waals surface area contributed by atoms with Gasteiger partial charge in [0, 0.05) is 22.8 Å². The summed E-state index contributed by atoms with van der Waals surface area (Å²) in [5, 5.41) is 13.2. The minimum absolute atomic E-state index is 0.223. The maximum atomic E-state index is 13.0. The van der Waals surface area contributed by atoms with Crippen LogP contribution in [0.3, 0.4) is 0 Å². The second kappa shape index (κ2) is 8.39. The molecule has 0 atom stereocenters. The van der Waals surface area contributed by atoms with Crippen molar-refractivity contribution >= 4 is 39.6 Å². The van der Waals surface area contributed by atoms with Crippen LogP contribution < -0.4 is 10.6 Å². The van der Waals surface area contributed by atoms with Crippen molar-refractivity contribution in [1.29, 1.82) is 0 Å². The highest BCUT2D eigenvalue weighted by Crippen LogP contribution is 2.30. The number of hydrogen-bond donors (Lipinski definition) is 2. The summed E-state index contributed by atoms with van der Waals surface area (Å²) in [6.45, 7) is 2.06. The summed E-state index contributed by atoms with van der Waals surface area (Å²) < 4.78 is 40.5. The Bertz CT molecular complexity index is 1240. The number of nitrogens with zero attached hydrogens (tertiary/aromatic N) is 2. The first-order chi connectivity index (χ1) is 14.8. The number of fused-ring (bicyclic) bond motifs is 1. The molecule has 0 aliphatic rings. The van der Waals surface area contributed by atoms with Crippen LogP contribution in [0.15, 0.2) is 72.8 Å². The number of nitrogens with one attached hydrogen (secondary N) is 2. The third-order valence-corrected chi connectivity index (χ3v) is 5.05. The largest absolute Gasteiger partial charge is 0.416 e. The first-order valence-corrected chi connectivity index (χ1v) is 9.97. The van der Waals surface area contributed by atoms with Crippen LogP contribution in [0.2, 0.25) is 0 Å². The van der Waals surface area contributed by atoms with Gasteiger partial charge in [-0.25, -0.2) is 0 Å². The highest BCUT2D eigenvalue weighted by molar-refractivity contribution is 7.80. The number of benzene rings is 3. The number of rotatable bonds is 4. The van der Waals surface area contributed by atoms with E-state index in [0.717, 1.165) is 34.3 Å². The predicted octanol–water partition coefficient (Wildman–Crippen LogP) is 6.22. The molecule has 4 nitrogen and oxygen atoms in total. The fourth-order valence-corrected chi connectivity index (χ4v) is 3.57. The van der Waals surface area contributed by atoms with E-state index in [9.17, 15) is 13.2 Å². The molecule has 0 aliphatic heterocycles. The molecule has 2 N–H and O–H groups in total. The van der Waals surface area contributed by atoms with Crippen LogP contribution in [0.5, 0.6) is 0 Å². The fourth-order valence-electron chi connectivity index (χ4n) is 3.35. The molecule has 0 spiro atoms. The quantitative estimate of drug-likeness (QED) is 0.370. The van der Waals surface area contributed by atoms with Crippen LogP contribution in [0.4, 0.5) is 24.7 Å². The molecule has 0 amide bonds. The lowest BCUT2D eigenvalue weighted by Crippen LogP contribution is -2.19. The highest BCUT2D eigenvalue weighted by atomic mass is 32.1. The van der Waals surface area contributed by atoms with Gasteiger partial charge in [0.15, 0.2) is 10.9 Å². The van der Waals surface area contributed by atoms with Crippen LogP contribution in [0, 0.1) is 6.92 Å². The van der Waals surface area contributed by atoms with E-state index < -0.39 is 11.7 Å². The zero-order valence-corrected chi connectivity index (χ0v) is 17.4. The highest BCUT2D eigenvalue weighted by Gasteiger charge is 2.30. The summed E-state index contributed by atoms with van der Waals surface area (Å²) in [5.41, 5.74) is 1.52. The first-order valence-electron chi connectivity index (χ1n) is 9.56. The smallest absolute Gasteiger partial charge is 0.332 e. The van der Waals surface area contributed by atoms with Gasteiger partial charge in [0.2, 0.25) is 0 Å². The van der Waals surface area contributed by atoms with Gasteiger partial charge < -0.3 is 10.6 Å². The molecule has 0 unspecified atom stereocenters. The van der Waals surface area contributed by atoms with Crippen molar-refractivity contribution in [3.63, 3.8) is 0 Å². The summed E-state index contributed by atoms with van der Waals surface area (Å²) >= 11 is 5.42. The van der Waals surface area contributed by atoms with Gasteiger partial charge in [-0.15, -0.1) is 0 Å². The van der Waals surface area contributed by atoms with Gasteiger partial charge in [0.1, 0.15) is 0 Å². The minimum Gasteiger partial charge on any atom is -0.332 e. The lowest BCUT2D eigenvalue weighted by atomic mass is 10.1. The number of anilines is 2. The molecule has 0 bridgehead atoms. The summed E-state index contributed by atoms with van der Waals surface area (Å²) in [6.07, 6.45) is -4.37. The average molecular weight is 440 g/mol. The second-order valence-corrected chi connectivity index (χ2v) is 7.54. The molecule has 158 valence electrons. The maximum absolute atomic E-state index is 13.0. The van der Waals surface area contributed by atoms with Crippen molar-refractivity contribution in [3.8, 4) is 0 Å². The van der Waals surface area contributed by atoms with Gasteiger partial charge in [-0.05, 0) is 48.3 Å². The number of alkyl halides is 3. The zero-order chi connectivity index (χ0) is 22.0. The Morgan fingerprint density at radius 3 is 2.52 bits per heavy atom. The summed E-state index contributed by atoms with van der Waals surface area (Å²) in [6, 6.07) is 20.9. The van der Waals surface area contributed by atoms with Crippen LogP contribution in [0.1, 0.15) is 16.8 Å². The molecule has 0 radical (unpaired) electrons. The molecular weight excluding hydrogens is 421 g/mol. The van der Waals surface area contributed by atoms with E-state index in [1.807, 2.05) is 49.4 Å². The Kier molecular flexibility index (Phi) is 5.65. The van der Waals surface area contributed by atoms with E-state index in [4.69, 9.17) is 12.2 Å². The fraction of sp³-hybridized carbons (Fsp3) is 0.130. The molecule has 0 aliphatic carbocycles. The number of halogens is 3. The zero-order valence-electron chi connectivity index (χ0n) is 16.6. The van der Waals surface area contributed by atoms with Crippen LogP contribution in [-0.2, 0) is 12.7 Å². The minimum atomic E-state index is -4.37. The Hall–Kier alpha value is -3.39. The molecule has 4 rings (SSSR count). The third-order valence-electron chi connectivity index (χ3n) is 4.85. The summed E-state index contributed by atoms with van der Waals surface area (Å²) in [7, 11) is 0. The van der Waals surface area contributed by atoms with Gasteiger partial charge in [0.05, 0.1) is 12.1 Å². The molecular formula is C23H19F3N4S. The van der Waals surface area contributed by atoms with E-state index in [1.54, 1.807) is 16.8 Å². The number of aryl methyl sites for hydroxylation is 1. The molecule has 31 heavy (non-hydrogen) atoms. The van der Waals surface area contributed by atoms with E-state index in [0.29, 0.717) is 16.5 Å². The Labute approximate surface area is 182 Å². The SMILES string of the molecule is Cc1cc(NC(=S)Nc2cccc3ccccc23)nn1Cc1cccc(C(F)(F)F)c1. The topological polar surface area (TPSA) is 41.9 Å². The Morgan fingerprint density at radius 2 is 1.71 bits per heavy atom. The lowest BCUT2D eigenvalue weighted by Gasteiger charge is -2.11. The van der Waals surface area contributed by atoms with Crippen molar-refractivity contribution in [2.24, 2.45) is 0 Å². The first kappa shape index (κ1) is 20.9. The van der Waals surface area contributed by atoms with E-state index in [2.05, 4.69) is 15.7 Å². The molecule has 4 aromatic rings. The van der Waals surface area contributed by atoms with Gasteiger partial charge in [-0.3, -0.25) is 4.68 Å². The van der Waals surface area contributed by atoms with E-state index in [-0.39, 0.29) is 6.54 Å². The standard InChI is InChI=1S/C23H19F3N4S/c1-15-12-21(29-30(15)14-16-6-4-9-18(13-16)23(24,25)26)28-22(31)27-20-11-5-8-17-7-2-3-10-19(17)20/h2-13H,14H2,1H3,(H2,27,28,29,31). The van der Waals surface area contributed by atoms with Crippen molar-refractivity contribution in [2.75, 3.05) is 10.6 Å². The molecule has 0 saturated heterocycles. The van der Waals surface area contributed by atoms with E-state index in [1.165, 1.54) is 6.07 Å². The van der Waals surface area contributed by atoms with Crippen LogP contribution in [0.25, 0.3) is 10.8 Å².